The zero-order chi connectivity index (χ0) is 26.2. The van der Waals surface area contributed by atoms with Crippen molar-refractivity contribution in [3.8, 4) is 5.75 Å². The van der Waals surface area contributed by atoms with Crippen LogP contribution in [0.15, 0.2) is 53.4 Å². The molecule has 3 aromatic rings. The van der Waals surface area contributed by atoms with Gasteiger partial charge in [-0.1, -0.05) is 43.9 Å². The Morgan fingerprint density at radius 1 is 1.08 bits per heavy atom. The van der Waals surface area contributed by atoms with E-state index < -0.39 is 16.0 Å². The largest absolute Gasteiger partial charge is 0.491 e. The van der Waals surface area contributed by atoms with Gasteiger partial charge in [-0.2, -0.15) is 9.40 Å². The lowest BCUT2D eigenvalue weighted by Crippen LogP contribution is -2.29. The lowest BCUT2D eigenvalue weighted by atomic mass is 9.90. The minimum absolute atomic E-state index is 0.00746. The first-order valence-corrected chi connectivity index (χ1v) is 14.6. The van der Waals surface area contributed by atoms with E-state index in [0.717, 1.165) is 17.3 Å². The van der Waals surface area contributed by atoms with Crippen molar-refractivity contribution in [2.75, 3.05) is 13.1 Å². The molecule has 2 aliphatic rings. The second kappa shape index (κ2) is 10.5. The molecule has 1 saturated carbocycles. The van der Waals surface area contributed by atoms with E-state index in [4.69, 9.17) is 9.84 Å². The molecule has 1 aliphatic heterocycles. The molecule has 0 bridgehead atoms. The first-order chi connectivity index (χ1) is 17.7. The van der Waals surface area contributed by atoms with Crippen LogP contribution in [0.4, 0.5) is 0 Å². The Hall–Kier alpha value is -2.91. The average Bonchev–Trinajstić information content (AvgIpc) is 3.59. The van der Waals surface area contributed by atoms with E-state index in [1.807, 2.05) is 42.8 Å². The summed E-state index contributed by atoms with van der Waals surface area (Å²) in [5, 5.41) is 15.0. The van der Waals surface area contributed by atoms with Crippen LogP contribution in [0.1, 0.15) is 57.7 Å². The molecule has 2 aromatic carbocycles. The fraction of sp³-hybridized carbons (Fsp3) is 0.500. The molecule has 2 heterocycles. The highest BCUT2D eigenvalue weighted by atomic mass is 32.2. The quantitative estimate of drug-likeness (QED) is 0.427. The molecule has 9 heteroatoms. The van der Waals surface area contributed by atoms with Gasteiger partial charge in [-0.05, 0) is 62.4 Å². The fourth-order valence-corrected chi connectivity index (χ4v) is 7.50. The number of sulfonamides is 1. The minimum atomic E-state index is -3.71. The average molecular weight is 526 g/mol. The summed E-state index contributed by atoms with van der Waals surface area (Å²) in [6.07, 6.45) is 5.59. The summed E-state index contributed by atoms with van der Waals surface area (Å²) in [6.45, 7) is 4.60. The zero-order valence-corrected chi connectivity index (χ0v) is 22.2. The van der Waals surface area contributed by atoms with Crippen LogP contribution in [0.5, 0.6) is 5.75 Å². The topological polar surface area (TPSA) is 102 Å². The first kappa shape index (κ1) is 25.7. The van der Waals surface area contributed by atoms with Crippen molar-refractivity contribution in [3.05, 3.63) is 54.2 Å². The normalized spacial score (nSPS) is 21.3. The van der Waals surface area contributed by atoms with Crippen molar-refractivity contribution in [1.29, 1.82) is 0 Å². The zero-order valence-electron chi connectivity index (χ0n) is 21.4. The van der Waals surface area contributed by atoms with Gasteiger partial charge in [0.05, 0.1) is 34.7 Å². The number of hydrogen-bond donors (Lipinski definition) is 1. The van der Waals surface area contributed by atoms with Gasteiger partial charge in [-0.25, -0.2) is 8.42 Å². The van der Waals surface area contributed by atoms with Gasteiger partial charge < -0.3 is 9.84 Å². The Balaban J connectivity index is 1.48. The molecule has 2 atom stereocenters. The van der Waals surface area contributed by atoms with Gasteiger partial charge in [0.2, 0.25) is 10.0 Å². The van der Waals surface area contributed by atoms with Crippen LogP contribution in [0.2, 0.25) is 0 Å². The fourth-order valence-electron chi connectivity index (χ4n) is 5.99. The van der Waals surface area contributed by atoms with E-state index in [9.17, 15) is 18.3 Å². The number of hydrogen-bond acceptors (Lipinski definition) is 5. The molecule has 1 N–H and O–H groups in total. The summed E-state index contributed by atoms with van der Waals surface area (Å²) in [5.41, 5.74) is 1.37. The number of carbonyl (C=O) groups is 1. The number of carboxylic acids is 1. The van der Waals surface area contributed by atoms with Crippen LogP contribution in [-0.2, 0) is 21.2 Å². The molecular formula is C28H35N3O5S. The molecule has 0 amide bonds. The van der Waals surface area contributed by atoms with Crippen molar-refractivity contribution in [2.45, 2.75) is 69.4 Å². The standard InChI is InChI=1S/C28H35N3O5S/c1-19(2)36-22-11-13-23(14-12-22)37(34,35)30-17-21(15-20-7-3-4-8-20)27(18-30)31-26-10-6-5-9-24(26)25(29-31)16-28(32)33/h5-6,9-14,19-21,27H,3-4,7-8,15-18H2,1-2H3,(H,32,33)/t21-,27+/m1/s1. The van der Waals surface area contributed by atoms with Crippen molar-refractivity contribution in [2.24, 2.45) is 11.8 Å². The van der Waals surface area contributed by atoms with Crippen LogP contribution < -0.4 is 4.74 Å². The third-order valence-corrected chi connectivity index (χ3v) is 9.49. The van der Waals surface area contributed by atoms with Crippen molar-refractivity contribution in [1.82, 2.24) is 14.1 Å². The van der Waals surface area contributed by atoms with Gasteiger partial charge in [0.25, 0.3) is 0 Å². The smallest absolute Gasteiger partial charge is 0.309 e. The summed E-state index contributed by atoms with van der Waals surface area (Å²) in [5.74, 6) is 0.394. The summed E-state index contributed by atoms with van der Waals surface area (Å²) < 4.78 is 36.6. The minimum Gasteiger partial charge on any atom is -0.491 e. The molecule has 1 saturated heterocycles. The Morgan fingerprint density at radius 3 is 2.46 bits per heavy atom. The van der Waals surface area contributed by atoms with E-state index in [2.05, 4.69) is 0 Å². The molecule has 1 aliphatic carbocycles. The highest BCUT2D eigenvalue weighted by molar-refractivity contribution is 7.89. The number of fused-ring (bicyclic) bond motifs is 1. The van der Waals surface area contributed by atoms with Crippen molar-refractivity contribution >= 4 is 26.9 Å². The van der Waals surface area contributed by atoms with Crippen LogP contribution in [0.25, 0.3) is 10.9 Å². The van der Waals surface area contributed by atoms with Crippen molar-refractivity contribution < 1.29 is 23.1 Å². The molecule has 198 valence electrons. The third kappa shape index (κ3) is 5.38. The number of carboxylic acid groups (broad SMARTS) is 1. The maximum atomic E-state index is 13.7. The van der Waals surface area contributed by atoms with E-state index in [-0.39, 0.29) is 29.4 Å². The maximum absolute atomic E-state index is 13.7. The molecule has 1 aromatic heterocycles. The second-order valence-electron chi connectivity index (χ2n) is 10.7. The predicted octanol–water partition coefficient (Wildman–Crippen LogP) is 4.89. The maximum Gasteiger partial charge on any atom is 0.309 e. The van der Waals surface area contributed by atoms with Crippen LogP contribution in [-0.4, -0.2) is 52.8 Å². The third-order valence-electron chi connectivity index (χ3n) is 7.64. The second-order valence-corrected chi connectivity index (χ2v) is 12.6. The van der Waals surface area contributed by atoms with Gasteiger partial charge in [0.15, 0.2) is 0 Å². The monoisotopic (exact) mass is 525 g/mol. The highest BCUT2D eigenvalue weighted by Crippen LogP contribution is 2.41. The molecule has 0 radical (unpaired) electrons. The van der Waals surface area contributed by atoms with Gasteiger partial charge >= 0.3 is 5.97 Å². The number of para-hydroxylation sites is 1. The molecule has 37 heavy (non-hydrogen) atoms. The van der Waals surface area contributed by atoms with Crippen molar-refractivity contribution in [3.63, 3.8) is 0 Å². The molecule has 0 spiro atoms. The number of nitrogens with zero attached hydrogens (tertiary/aromatic N) is 3. The SMILES string of the molecule is CC(C)Oc1ccc(S(=O)(=O)N2C[C@@H](CC3CCCC3)[C@@H](n3nc(CC(=O)O)c4ccccc43)C2)cc1. The predicted molar refractivity (Wildman–Crippen MR) is 141 cm³/mol. The summed E-state index contributed by atoms with van der Waals surface area (Å²) in [4.78, 5) is 11.8. The van der Waals surface area contributed by atoms with Crippen LogP contribution in [0.3, 0.4) is 0 Å². The summed E-state index contributed by atoms with van der Waals surface area (Å²) in [7, 11) is -3.71. The van der Waals surface area contributed by atoms with Gasteiger partial charge in [-0.3, -0.25) is 9.48 Å². The first-order valence-electron chi connectivity index (χ1n) is 13.2. The van der Waals surface area contributed by atoms with E-state index >= 15 is 0 Å². The van der Waals surface area contributed by atoms with E-state index in [0.29, 0.717) is 30.5 Å². The lowest BCUT2D eigenvalue weighted by molar-refractivity contribution is -0.136. The number of aliphatic carboxylic acids is 1. The Labute approximate surface area is 218 Å². The van der Waals surface area contributed by atoms with Crippen LogP contribution in [0, 0.1) is 11.8 Å². The molecule has 0 unspecified atom stereocenters. The number of benzene rings is 2. The Kier molecular flexibility index (Phi) is 7.27. The summed E-state index contributed by atoms with van der Waals surface area (Å²) in [6, 6.07) is 14.1. The number of ether oxygens (including phenoxy) is 1. The van der Waals surface area contributed by atoms with E-state index in [1.54, 1.807) is 28.6 Å². The van der Waals surface area contributed by atoms with Gasteiger partial charge in [0.1, 0.15) is 5.75 Å². The summed E-state index contributed by atoms with van der Waals surface area (Å²) >= 11 is 0. The van der Waals surface area contributed by atoms with Crippen LogP contribution >= 0.6 is 0 Å². The number of rotatable bonds is 9. The molecule has 8 nitrogen and oxygen atoms in total. The molecule has 5 rings (SSSR count). The molecular weight excluding hydrogens is 490 g/mol. The highest BCUT2D eigenvalue weighted by Gasteiger charge is 2.42. The molecule has 2 fully saturated rings. The number of aromatic nitrogens is 2. The van der Waals surface area contributed by atoms with Gasteiger partial charge in [0, 0.05) is 18.5 Å². The van der Waals surface area contributed by atoms with Gasteiger partial charge in [-0.15, -0.1) is 0 Å². The lowest BCUT2D eigenvalue weighted by Gasteiger charge is -2.22. The Bertz CT molecular complexity index is 1360. The van der Waals surface area contributed by atoms with E-state index in [1.165, 1.54) is 25.7 Å². The Morgan fingerprint density at radius 2 is 1.78 bits per heavy atom.